The Morgan fingerprint density at radius 2 is 2.09 bits per heavy atom. The highest BCUT2D eigenvalue weighted by Crippen LogP contribution is 2.25. The van der Waals surface area contributed by atoms with Crippen molar-refractivity contribution >= 4 is 44.8 Å². The molecule has 0 aliphatic rings. The molecule has 0 fully saturated rings. The molecule has 0 bridgehead atoms. The van der Waals surface area contributed by atoms with Gasteiger partial charge in [0, 0.05) is 10.5 Å². The van der Waals surface area contributed by atoms with Crippen molar-refractivity contribution in [2.45, 2.75) is 0 Å². The summed E-state index contributed by atoms with van der Waals surface area (Å²) in [5.74, 6) is -0.179. The number of carbonyl (C=O) groups excluding carboxylic acids is 1. The molecule has 1 N–H and O–H groups in total. The van der Waals surface area contributed by atoms with Gasteiger partial charge in [-0.05, 0) is 24.3 Å². The molecule has 6 nitrogen and oxygen atoms in total. The van der Waals surface area contributed by atoms with Crippen LogP contribution in [0.3, 0.4) is 0 Å². The highest BCUT2D eigenvalue weighted by Gasteiger charge is 2.09. The molecule has 2 aromatic rings. The van der Waals surface area contributed by atoms with Crippen molar-refractivity contribution in [3.8, 4) is 5.75 Å². The highest BCUT2D eigenvalue weighted by molar-refractivity contribution is 9.10. The van der Waals surface area contributed by atoms with Gasteiger partial charge in [-0.15, -0.1) is 0 Å². The number of hydrogen-bond donors (Lipinski definition) is 1. The van der Waals surface area contributed by atoms with Gasteiger partial charge in [-0.2, -0.15) is 0 Å². The summed E-state index contributed by atoms with van der Waals surface area (Å²) in [6.07, 6.45) is 0. The van der Waals surface area contributed by atoms with E-state index in [0.29, 0.717) is 10.7 Å². The molecular weight excluding hydrogens is 376 g/mol. The molecule has 8 heteroatoms. The van der Waals surface area contributed by atoms with Crippen molar-refractivity contribution in [2.24, 2.45) is 0 Å². The first-order valence-corrected chi connectivity index (χ1v) is 7.25. The van der Waals surface area contributed by atoms with Crippen molar-refractivity contribution in [2.75, 3.05) is 11.9 Å². The van der Waals surface area contributed by atoms with Gasteiger partial charge in [0.05, 0.1) is 21.7 Å². The predicted octanol–water partition coefficient (Wildman–Crippen LogP) is 4.03. The summed E-state index contributed by atoms with van der Waals surface area (Å²) in [7, 11) is 0. The van der Waals surface area contributed by atoms with Gasteiger partial charge >= 0.3 is 0 Å². The minimum atomic E-state index is -0.533. The zero-order chi connectivity index (χ0) is 16.1. The molecule has 22 heavy (non-hydrogen) atoms. The molecule has 0 aliphatic heterocycles. The molecule has 0 radical (unpaired) electrons. The Morgan fingerprint density at radius 1 is 1.32 bits per heavy atom. The van der Waals surface area contributed by atoms with E-state index < -0.39 is 10.8 Å². The van der Waals surface area contributed by atoms with Crippen LogP contribution in [0, 0.1) is 10.1 Å². The number of anilines is 1. The first-order chi connectivity index (χ1) is 10.5. The fraction of sp³-hybridized carbons (Fsp3) is 0.0714. The standard InChI is InChI=1S/C14H10BrClN2O4/c15-9-4-5-13(12(16)6-9)17-14(19)8-22-11-3-1-2-10(7-11)18(20)21/h1-7H,8H2,(H,17,19). The van der Waals surface area contributed by atoms with E-state index in [-0.39, 0.29) is 18.0 Å². The highest BCUT2D eigenvalue weighted by atomic mass is 79.9. The molecule has 1 amide bonds. The maximum Gasteiger partial charge on any atom is 0.273 e. The molecule has 0 spiro atoms. The second-order valence-corrected chi connectivity index (χ2v) is 5.54. The van der Waals surface area contributed by atoms with Gasteiger partial charge in [0.15, 0.2) is 6.61 Å². The lowest BCUT2D eigenvalue weighted by Gasteiger charge is -2.09. The van der Waals surface area contributed by atoms with E-state index in [4.69, 9.17) is 16.3 Å². The number of carbonyl (C=O) groups is 1. The number of halogens is 2. The zero-order valence-electron chi connectivity index (χ0n) is 11.1. The van der Waals surface area contributed by atoms with Crippen LogP contribution in [0.5, 0.6) is 5.75 Å². The van der Waals surface area contributed by atoms with Gasteiger partial charge in [0.2, 0.25) is 0 Å². The van der Waals surface area contributed by atoms with E-state index >= 15 is 0 Å². The molecule has 0 aliphatic carbocycles. The molecule has 0 atom stereocenters. The monoisotopic (exact) mass is 384 g/mol. The topological polar surface area (TPSA) is 81.5 Å². The van der Waals surface area contributed by atoms with Crippen molar-refractivity contribution in [3.05, 3.63) is 62.1 Å². The summed E-state index contributed by atoms with van der Waals surface area (Å²) in [4.78, 5) is 21.9. The van der Waals surface area contributed by atoms with E-state index in [0.717, 1.165) is 4.47 Å². The van der Waals surface area contributed by atoms with E-state index in [1.165, 1.54) is 24.3 Å². The number of non-ortho nitro benzene ring substituents is 1. The largest absolute Gasteiger partial charge is 0.484 e. The molecule has 0 heterocycles. The van der Waals surface area contributed by atoms with Crippen LogP contribution in [0.4, 0.5) is 11.4 Å². The van der Waals surface area contributed by atoms with Gasteiger partial charge in [-0.3, -0.25) is 14.9 Å². The van der Waals surface area contributed by atoms with E-state index in [1.807, 2.05) is 0 Å². The number of hydrogen-bond acceptors (Lipinski definition) is 4. The molecule has 114 valence electrons. The third-order valence-electron chi connectivity index (χ3n) is 2.60. The second-order valence-electron chi connectivity index (χ2n) is 4.22. The molecule has 0 saturated carbocycles. The number of nitrogens with one attached hydrogen (secondary N) is 1. The van der Waals surface area contributed by atoms with Crippen LogP contribution in [0.25, 0.3) is 0 Å². The Balaban J connectivity index is 1.95. The maximum atomic E-state index is 11.8. The van der Waals surface area contributed by atoms with E-state index in [1.54, 1.807) is 18.2 Å². The maximum absolute atomic E-state index is 11.8. The first kappa shape index (κ1) is 16.3. The van der Waals surface area contributed by atoms with Crippen LogP contribution in [0.2, 0.25) is 5.02 Å². The van der Waals surface area contributed by atoms with Crippen LogP contribution in [0.15, 0.2) is 46.9 Å². The Morgan fingerprint density at radius 3 is 2.77 bits per heavy atom. The summed E-state index contributed by atoms with van der Waals surface area (Å²) >= 11 is 9.25. The number of benzene rings is 2. The number of amides is 1. The van der Waals surface area contributed by atoms with Gasteiger partial charge in [-0.1, -0.05) is 33.6 Å². The first-order valence-electron chi connectivity index (χ1n) is 6.08. The molecule has 2 rings (SSSR count). The van der Waals surface area contributed by atoms with E-state index in [9.17, 15) is 14.9 Å². The number of rotatable bonds is 5. The summed E-state index contributed by atoms with van der Waals surface area (Å²) in [6.45, 7) is -0.284. The van der Waals surface area contributed by atoms with Crippen LogP contribution in [-0.4, -0.2) is 17.4 Å². The van der Waals surface area contributed by atoms with Crippen molar-refractivity contribution in [3.63, 3.8) is 0 Å². The van der Waals surface area contributed by atoms with Crippen molar-refractivity contribution in [1.82, 2.24) is 0 Å². The Bertz CT molecular complexity index is 724. The quantitative estimate of drug-likeness (QED) is 0.622. The summed E-state index contributed by atoms with van der Waals surface area (Å²) in [6, 6.07) is 10.7. The lowest BCUT2D eigenvalue weighted by Crippen LogP contribution is -2.20. The number of nitrogens with zero attached hydrogens (tertiary/aromatic N) is 1. The normalized spacial score (nSPS) is 10.1. The lowest BCUT2D eigenvalue weighted by atomic mass is 10.3. The number of ether oxygens (including phenoxy) is 1. The van der Waals surface area contributed by atoms with Gasteiger partial charge in [0.25, 0.3) is 11.6 Å². The van der Waals surface area contributed by atoms with Crippen molar-refractivity contribution < 1.29 is 14.5 Å². The van der Waals surface area contributed by atoms with Gasteiger partial charge in [-0.25, -0.2) is 0 Å². The smallest absolute Gasteiger partial charge is 0.273 e. The summed E-state index contributed by atoms with van der Waals surface area (Å²) < 4.78 is 6.02. The summed E-state index contributed by atoms with van der Waals surface area (Å²) in [5, 5.41) is 13.6. The Labute approximate surface area is 139 Å². The minimum absolute atomic E-state index is 0.103. The fourth-order valence-electron chi connectivity index (χ4n) is 1.61. The number of nitro groups is 1. The van der Waals surface area contributed by atoms with Gasteiger partial charge < -0.3 is 10.1 Å². The third kappa shape index (κ3) is 4.44. The SMILES string of the molecule is O=C(COc1cccc([N+](=O)[O-])c1)Nc1ccc(Br)cc1Cl. The number of nitro benzene ring substituents is 1. The zero-order valence-corrected chi connectivity index (χ0v) is 13.4. The summed E-state index contributed by atoms with van der Waals surface area (Å²) in [5.41, 5.74) is 0.353. The molecule has 0 saturated heterocycles. The molecule has 2 aromatic carbocycles. The molecule has 0 aromatic heterocycles. The Kier molecular flexibility index (Phi) is 5.35. The molecular formula is C14H10BrClN2O4. The lowest BCUT2D eigenvalue weighted by molar-refractivity contribution is -0.384. The fourth-order valence-corrected chi connectivity index (χ4v) is 2.33. The van der Waals surface area contributed by atoms with Crippen LogP contribution in [-0.2, 0) is 4.79 Å². The average Bonchev–Trinajstić information content (AvgIpc) is 2.48. The third-order valence-corrected chi connectivity index (χ3v) is 3.41. The van der Waals surface area contributed by atoms with Crippen LogP contribution in [0.1, 0.15) is 0 Å². The Hall–Kier alpha value is -2.12. The van der Waals surface area contributed by atoms with Crippen molar-refractivity contribution in [1.29, 1.82) is 0 Å². The predicted molar refractivity (Wildman–Crippen MR) is 86.4 cm³/mol. The van der Waals surface area contributed by atoms with E-state index in [2.05, 4.69) is 21.2 Å². The van der Waals surface area contributed by atoms with Crippen LogP contribution < -0.4 is 10.1 Å². The van der Waals surface area contributed by atoms with Crippen LogP contribution >= 0.6 is 27.5 Å². The minimum Gasteiger partial charge on any atom is -0.484 e. The van der Waals surface area contributed by atoms with Gasteiger partial charge in [0.1, 0.15) is 5.75 Å². The average molecular weight is 386 g/mol. The second kappa shape index (κ2) is 7.24. The molecule has 0 unspecified atom stereocenters.